The lowest BCUT2D eigenvalue weighted by molar-refractivity contribution is 0.0697. The summed E-state index contributed by atoms with van der Waals surface area (Å²) < 4.78 is 0.801. The molecule has 0 heterocycles. The van der Waals surface area contributed by atoms with Gasteiger partial charge in [0.25, 0.3) is 0 Å². The predicted molar refractivity (Wildman–Crippen MR) is 85.3 cm³/mol. The van der Waals surface area contributed by atoms with Gasteiger partial charge in [0.1, 0.15) is 0 Å². The smallest absolute Gasteiger partial charge is 0.335 e. The molecule has 2 rings (SSSR count). The van der Waals surface area contributed by atoms with Crippen LogP contribution in [0.25, 0.3) is 0 Å². The molecule has 4 heteroatoms. The van der Waals surface area contributed by atoms with Gasteiger partial charge in [-0.15, -0.1) is 0 Å². The van der Waals surface area contributed by atoms with Crippen LogP contribution in [-0.4, -0.2) is 17.6 Å². The average molecular weight is 340 g/mol. The lowest BCUT2D eigenvalue weighted by atomic mass is 9.81. The second kappa shape index (κ2) is 7.11. The summed E-state index contributed by atoms with van der Waals surface area (Å²) in [5.74, 6) is 0.735. The van der Waals surface area contributed by atoms with Crippen molar-refractivity contribution < 1.29 is 9.90 Å². The Bertz CT molecular complexity index is 468. The molecule has 0 aromatic heterocycles. The number of rotatable bonds is 5. The molecule has 0 atom stereocenters. The number of hydrogen-bond acceptors (Lipinski definition) is 2. The third kappa shape index (κ3) is 4.23. The van der Waals surface area contributed by atoms with Crippen LogP contribution in [0.4, 0.5) is 5.69 Å². The Morgan fingerprint density at radius 3 is 2.50 bits per heavy atom. The van der Waals surface area contributed by atoms with Gasteiger partial charge >= 0.3 is 5.97 Å². The van der Waals surface area contributed by atoms with E-state index >= 15 is 0 Å². The van der Waals surface area contributed by atoms with Gasteiger partial charge in [0.05, 0.1) is 5.56 Å². The van der Waals surface area contributed by atoms with E-state index in [2.05, 4.69) is 28.2 Å². The van der Waals surface area contributed by atoms with Crippen molar-refractivity contribution in [1.82, 2.24) is 0 Å². The highest BCUT2D eigenvalue weighted by molar-refractivity contribution is 9.10. The summed E-state index contributed by atoms with van der Waals surface area (Å²) in [7, 11) is 0. The number of carboxylic acids is 1. The average Bonchev–Trinajstić information content (AvgIpc) is 2.45. The van der Waals surface area contributed by atoms with Gasteiger partial charge in [-0.05, 0) is 42.9 Å². The highest BCUT2D eigenvalue weighted by Crippen LogP contribution is 2.31. The number of nitrogens with one attached hydrogen (secondary N) is 1. The van der Waals surface area contributed by atoms with Crippen molar-refractivity contribution in [2.45, 2.75) is 39.0 Å². The highest BCUT2D eigenvalue weighted by atomic mass is 79.9. The zero-order chi connectivity index (χ0) is 14.5. The zero-order valence-corrected chi connectivity index (χ0v) is 13.4. The summed E-state index contributed by atoms with van der Waals surface area (Å²) in [4.78, 5) is 11.0. The first-order chi connectivity index (χ1) is 9.58. The van der Waals surface area contributed by atoms with Crippen LogP contribution in [0.1, 0.15) is 49.4 Å². The first-order valence-corrected chi connectivity index (χ1v) is 8.15. The van der Waals surface area contributed by atoms with Crippen LogP contribution in [0.3, 0.4) is 0 Å². The Balaban J connectivity index is 1.89. The van der Waals surface area contributed by atoms with Crippen LogP contribution in [-0.2, 0) is 0 Å². The molecule has 1 aromatic rings. The van der Waals surface area contributed by atoms with Crippen molar-refractivity contribution in [3.63, 3.8) is 0 Å². The maximum atomic E-state index is 11.0. The van der Waals surface area contributed by atoms with Gasteiger partial charge in [0.2, 0.25) is 0 Å². The molecule has 0 radical (unpaired) electrons. The Hall–Kier alpha value is -1.03. The minimum atomic E-state index is -0.891. The molecule has 2 N–H and O–H groups in total. The number of anilines is 1. The van der Waals surface area contributed by atoms with Crippen molar-refractivity contribution in [3.8, 4) is 0 Å². The van der Waals surface area contributed by atoms with E-state index in [-0.39, 0.29) is 0 Å². The molecule has 110 valence electrons. The van der Waals surface area contributed by atoms with Gasteiger partial charge < -0.3 is 10.4 Å². The van der Waals surface area contributed by atoms with Crippen molar-refractivity contribution in [2.75, 3.05) is 11.9 Å². The summed E-state index contributed by atoms with van der Waals surface area (Å²) in [5.41, 5.74) is 1.20. The molecule has 0 saturated heterocycles. The van der Waals surface area contributed by atoms with Crippen LogP contribution in [0.2, 0.25) is 0 Å². The minimum absolute atomic E-state index is 0.316. The normalized spacial score (nSPS) is 22.5. The molecule has 3 nitrogen and oxygen atoms in total. The van der Waals surface area contributed by atoms with E-state index in [1.165, 1.54) is 32.1 Å². The van der Waals surface area contributed by atoms with E-state index in [9.17, 15) is 4.79 Å². The predicted octanol–water partition coefficient (Wildman–Crippen LogP) is 4.78. The molecule has 1 aliphatic carbocycles. The van der Waals surface area contributed by atoms with Gasteiger partial charge in [-0.2, -0.15) is 0 Å². The summed E-state index contributed by atoms with van der Waals surface area (Å²) in [6.45, 7) is 3.21. The van der Waals surface area contributed by atoms with Gasteiger partial charge in [-0.25, -0.2) is 4.79 Å². The van der Waals surface area contributed by atoms with Gasteiger partial charge in [0, 0.05) is 16.7 Å². The topological polar surface area (TPSA) is 49.3 Å². The standard InChI is InChI=1S/C16H22BrNO2/c1-2-11-3-5-12(6-4-11)10-18-15-8-13(16(19)20)7-14(17)9-15/h7-9,11-12,18H,2-6,10H2,1H3,(H,19,20). The van der Waals surface area contributed by atoms with Gasteiger partial charge in [-0.1, -0.05) is 42.1 Å². The van der Waals surface area contributed by atoms with E-state index in [0.717, 1.165) is 22.6 Å². The fourth-order valence-electron chi connectivity index (χ4n) is 2.92. The minimum Gasteiger partial charge on any atom is -0.478 e. The molecule has 0 unspecified atom stereocenters. The Morgan fingerprint density at radius 2 is 1.90 bits per heavy atom. The molecule has 1 aromatic carbocycles. The maximum Gasteiger partial charge on any atom is 0.335 e. The van der Waals surface area contributed by atoms with Gasteiger partial charge in [0.15, 0.2) is 0 Å². The van der Waals surface area contributed by atoms with E-state index in [1.54, 1.807) is 12.1 Å². The molecule has 0 aliphatic heterocycles. The van der Waals surface area contributed by atoms with Crippen molar-refractivity contribution >= 4 is 27.6 Å². The zero-order valence-electron chi connectivity index (χ0n) is 11.9. The molecular formula is C16H22BrNO2. The van der Waals surface area contributed by atoms with E-state index in [4.69, 9.17) is 5.11 Å². The second-order valence-electron chi connectivity index (χ2n) is 5.71. The van der Waals surface area contributed by atoms with Crippen LogP contribution in [0.15, 0.2) is 22.7 Å². The van der Waals surface area contributed by atoms with Crippen LogP contribution < -0.4 is 5.32 Å². The first-order valence-electron chi connectivity index (χ1n) is 7.36. The SMILES string of the molecule is CCC1CCC(CNc2cc(Br)cc(C(=O)O)c2)CC1. The fourth-order valence-corrected chi connectivity index (χ4v) is 3.41. The van der Waals surface area contributed by atoms with Crippen LogP contribution in [0, 0.1) is 11.8 Å². The largest absolute Gasteiger partial charge is 0.478 e. The maximum absolute atomic E-state index is 11.0. The quantitative estimate of drug-likeness (QED) is 0.811. The van der Waals surface area contributed by atoms with Gasteiger partial charge in [-0.3, -0.25) is 0 Å². The van der Waals surface area contributed by atoms with Crippen LogP contribution >= 0.6 is 15.9 Å². The third-order valence-corrected chi connectivity index (χ3v) is 4.74. The number of carboxylic acid groups (broad SMARTS) is 1. The molecule has 1 fully saturated rings. The second-order valence-corrected chi connectivity index (χ2v) is 6.63. The van der Waals surface area contributed by atoms with Crippen LogP contribution in [0.5, 0.6) is 0 Å². The molecular weight excluding hydrogens is 318 g/mol. The number of halogens is 1. The molecule has 1 saturated carbocycles. The molecule has 0 amide bonds. The lowest BCUT2D eigenvalue weighted by Crippen LogP contribution is -2.21. The van der Waals surface area contributed by atoms with Crippen molar-refractivity contribution in [1.29, 1.82) is 0 Å². The Morgan fingerprint density at radius 1 is 1.25 bits per heavy atom. The lowest BCUT2D eigenvalue weighted by Gasteiger charge is -2.28. The number of hydrogen-bond donors (Lipinski definition) is 2. The van der Waals surface area contributed by atoms with E-state index < -0.39 is 5.97 Å². The molecule has 1 aliphatic rings. The number of carbonyl (C=O) groups is 1. The third-order valence-electron chi connectivity index (χ3n) is 4.28. The monoisotopic (exact) mass is 339 g/mol. The Kier molecular flexibility index (Phi) is 5.46. The molecule has 0 spiro atoms. The highest BCUT2D eigenvalue weighted by Gasteiger charge is 2.19. The molecule has 20 heavy (non-hydrogen) atoms. The number of benzene rings is 1. The number of aromatic carboxylic acids is 1. The fraction of sp³-hybridized carbons (Fsp3) is 0.562. The summed E-state index contributed by atoms with van der Waals surface area (Å²) in [6.07, 6.45) is 6.54. The summed E-state index contributed by atoms with van der Waals surface area (Å²) >= 11 is 3.36. The van der Waals surface area contributed by atoms with E-state index in [0.29, 0.717) is 11.5 Å². The Labute approximate surface area is 128 Å². The summed E-state index contributed by atoms with van der Waals surface area (Å²) in [6, 6.07) is 5.26. The first kappa shape index (κ1) is 15.4. The molecule has 0 bridgehead atoms. The van der Waals surface area contributed by atoms with Crippen molar-refractivity contribution in [3.05, 3.63) is 28.2 Å². The summed E-state index contributed by atoms with van der Waals surface area (Å²) in [5, 5.41) is 12.4. The van der Waals surface area contributed by atoms with Crippen molar-refractivity contribution in [2.24, 2.45) is 11.8 Å². The van der Waals surface area contributed by atoms with E-state index in [1.807, 2.05) is 6.07 Å².